The van der Waals surface area contributed by atoms with Gasteiger partial charge in [-0.3, -0.25) is 0 Å². The fourth-order valence-electron chi connectivity index (χ4n) is 2.45. The molecule has 1 aliphatic heterocycles. The molecule has 1 atom stereocenters. The van der Waals surface area contributed by atoms with Crippen LogP contribution in [0.3, 0.4) is 0 Å². The first-order valence-electron chi connectivity index (χ1n) is 6.92. The first-order chi connectivity index (χ1) is 8.84. The molecule has 3 heteroatoms. The van der Waals surface area contributed by atoms with Crippen molar-refractivity contribution >= 4 is 0 Å². The van der Waals surface area contributed by atoms with E-state index in [1.165, 1.54) is 32.5 Å². The van der Waals surface area contributed by atoms with Gasteiger partial charge in [0.1, 0.15) is 12.4 Å². The van der Waals surface area contributed by atoms with Crippen LogP contribution in [-0.4, -0.2) is 44.7 Å². The number of nitrogens with zero attached hydrogens (tertiary/aromatic N) is 1. The third-order valence-electron chi connectivity index (χ3n) is 3.45. The number of nitrogens with one attached hydrogen (secondary N) is 1. The van der Waals surface area contributed by atoms with E-state index in [1.54, 1.807) is 0 Å². The van der Waals surface area contributed by atoms with Gasteiger partial charge in [-0.15, -0.1) is 0 Å². The van der Waals surface area contributed by atoms with Gasteiger partial charge < -0.3 is 15.0 Å². The Morgan fingerprint density at radius 2 is 2.17 bits per heavy atom. The normalized spacial score (nSPS) is 20.0. The van der Waals surface area contributed by atoms with Crippen molar-refractivity contribution in [2.75, 3.05) is 39.8 Å². The van der Waals surface area contributed by atoms with Crippen molar-refractivity contribution in [3.63, 3.8) is 0 Å². The minimum Gasteiger partial charge on any atom is -0.492 e. The Hall–Kier alpha value is -1.06. The molecule has 18 heavy (non-hydrogen) atoms. The van der Waals surface area contributed by atoms with Crippen LogP contribution in [0.4, 0.5) is 0 Å². The second-order valence-corrected chi connectivity index (χ2v) is 5.14. The second kappa shape index (κ2) is 7.39. The lowest BCUT2D eigenvalue weighted by Crippen LogP contribution is -2.38. The van der Waals surface area contributed by atoms with Gasteiger partial charge in [-0.2, -0.15) is 0 Å². The molecule has 1 fully saturated rings. The van der Waals surface area contributed by atoms with Crippen LogP contribution in [0.25, 0.3) is 0 Å². The number of ether oxygens (including phenoxy) is 1. The summed E-state index contributed by atoms with van der Waals surface area (Å²) >= 11 is 0. The van der Waals surface area contributed by atoms with Crippen molar-refractivity contribution in [1.82, 2.24) is 10.2 Å². The van der Waals surface area contributed by atoms with E-state index in [0.29, 0.717) is 0 Å². The van der Waals surface area contributed by atoms with Crippen LogP contribution >= 0.6 is 0 Å². The average Bonchev–Trinajstić information content (AvgIpc) is 2.41. The number of piperidine rings is 1. The molecular formula is C15H24N2O. The minimum atomic E-state index is 0.765. The van der Waals surface area contributed by atoms with Gasteiger partial charge in [-0.05, 0) is 51.0 Å². The Morgan fingerprint density at radius 1 is 1.33 bits per heavy atom. The highest BCUT2D eigenvalue weighted by Gasteiger charge is 2.14. The molecule has 0 spiro atoms. The summed E-state index contributed by atoms with van der Waals surface area (Å²) in [7, 11) is 2.18. The number of rotatable bonds is 6. The van der Waals surface area contributed by atoms with Gasteiger partial charge >= 0.3 is 0 Å². The third kappa shape index (κ3) is 4.67. The summed E-state index contributed by atoms with van der Waals surface area (Å²) < 4.78 is 5.71. The first-order valence-corrected chi connectivity index (χ1v) is 6.92. The molecule has 0 aromatic heterocycles. The lowest BCUT2D eigenvalue weighted by molar-refractivity contribution is 0.201. The summed E-state index contributed by atoms with van der Waals surface area (Å²) in [5.41, 5.74) is 0. The molecule has 1 aromatic carbocycles. The summed E-state index contributed by atoms with van der Waals surface area (Å²) in [4.78, 5) is 2.38. The van der Waals surface area contributed by atoms with E-state index in [9.17, 15) is 0 Å². The quantitative estimate of drug-likeness (QED) is 0.833. The standard InChI is InChI=1S/C15H24N2O/c1-17(13-14-6-5-9-16-12-14)10-11-18-15-7-3-2-4-8-15/h2-4,7-8,14,16H,5-6,9-13H2,1H3. The van der Waals surface area contributed by atoms with Crippen molar-refractivity contribution in [3.8, 4) is 5.75 Å². The summed E-state index contributed by atoms with van der Waals surface area (Å²) in [6, 6.07) is 10.0. The Morgan fingerprint density at radius 3 is 2.89 bits per heavy atom. The van der Waals surface area contributed by atoms with Crippen LogP contribution in [0, 0.1) is 5.92 Å². The van der Waals surface area contributed by atoms with Crippen LogP contribution in [0.5, 0.6) is 5.75 Å². The highest BCUT2D eigenvalue weighted by atomic mass is 16.5. The molecule has 0 radical (unpaired) electrons. The molecule has 1 unspecified atom stereocenters. The zero-order valence-electron chi connectivity index (χ0n) is 11.3. The maximum Gasteiger partial charge on any atom is 0.119 e. The topological polar surface area (TPSA) is 24.5 Å². The number of para-hydroxylation sites is 1. The van der Waals surface area contributed by atoms with Gasteiger partial charge in [0.05, 0.1) is 0 Å². The Kier molecular flexibility index (Phi) is 5.49. The van der Waals surface area contributed by atoms with Crippen LogP contribution in [0.1, 0.15) is 12.8 Å². The molecular weight excluding hydrogens is 224 g/mol. The molecule has 3 nitrogen and oxygen atoms in total. The summed E-state index contributed by atoms with van der Waals surface area (Å²) in [5.74, 6) is 1.77. The highest BCUT2D eigenvalue weighted by molar-refractivity contribution is 5.20. The summed E-state index contributed by atoms with van der Waals surface area (Å²) in [6.07, 6.45) is 2.68. The number of hydrogen-bond acceptors (Lipinski definition) is 3. The van der Waals surface area contributed by atoms with Crippen LogP contribution in [0.2, 0.25) is 0 Å². The van der Waals surface area contributed by atoms with Gasteiger partial charge in [0.2, 0.25) is 0 Å². The van der Waals surface area contributed by atoms with Crippen molar-refractivity contribution in [1.29, 1.82) is 0 Å². The fourth-order valence-corrected chi connectivity index (χ4v) is 2.45. The van der Waals surface area contributed by atoms with Gasteiger partial charge in [-0.25, -0.2) is 0 Å². The lowest BCUT2D eigenvalue weighted by atomic mass is 9.99. The van der Waals surface area contributed by atoms with Crippen molar-refractivity contribution in [2.45, 2.75) is 12.8 Å². The Bertz CT molecular complexity index is 323. The third-order valence-corrected chi connectivity index (χ3v) is 3.45. The molecule has 0 saturated carbocycles. The second-order valence-electron chi connectivity index (χ2n) is 5.14. The molecule has 1 aromatic rings. The molecule has 1 aliphatic rings. The summed E-state index contributed by atoms with van der Waals surface area (Å²) in [6.45, 7) is 5.29. The zero-order chi connectivity index (χ0) is 12.6. The summed E-state index contributed by atoms with van der Waals surface area (Å²) in [5, 5.41) is 3.46. The highest BCUT2D eigenvalue weighted by Crippen LogP contribution is 2.11. The molecule has 2 rings (SSSR count). The van der Waals surface area contributed by atoms with Crippen molar-refractivity contribution < 1.29 is 4.74 Å². The SMILES string of the molecule is CN(CCOc1ccccc1)CC1CCCNC1. The molecule has 0 bridgehead atoms. The predicted octanol–water partition coefficient (Wildman–Crippen LogP) is 2.00. The van der Waals surface area contributed by atoms with E-state index in [4.69, 9.17) is 4.74 Å². The van der Waals surface area contributed by atoms with E-state index >= 15 is 0 Å². The molecule has 0 aliphatic carbocycles. The first kappa shape index (κ1) is 13.4. The molecule has 1 saturated heterocycles. The lowest BCUT2D eigenvalue weighted by Gasteiger charge is -2.27. The van der Waals surface area contributed by atoms with E-state index in [0.717, 1.165) is 24.8 Å². The average molecular weight is 248 g/mol. The van der Waals surface area contributed by atoms with E-state index in [-0.39, 0.29) is 0 Å². The molecule has 0 amide bonds. The van der Waals surface area contributed by atoms with Gasteiger partial charge in [-0.1, -0.05) is 18.2 Å². The van der Waals surface area contributed by atoms with Gasteiger partial charge in [0, 0.05) is 13.1 Å². The van der Waals surface area contributed by atoms with Crippen LogP contribution in [0.15, 0.2) is 30.3 Å². The number of hydrogen-bond donors (Lipinski definition) is 1. The van der Waals surface area contributed by atoms with E-state index in [1.807, 2.05) is 30.3 Å². The number of benzene rings is 1. The van der Waals surface area contributed by atoms with Crippen LogP contribution < -0.4 is 10.1 Å². The number of likely N-dealkylation sites (N-methyl/N-ethyl adjacent to an activating group) is 1. The molecule has 1 N–H and O–H groups in total. The minimum absolute atomic E-state index is 0.765. The predicted molar refractivity (Wildman–Crippen MR) is 75.0 cm³/mol. The maximum absolute atomic E-state index is 5.71. The maximum atomic E-state index is 5.71. The van der Waals surface area contributed by atoms with Gasteiger partial charge in [0.25, 0.3) is 0 Å². The Labute approximate surface area is 110 Å². The molecule has 100 valence electrons. The van der Waals surface area contributed by atoms with E-state index in [2.05, 4.69) is 17.3 Å². The fraction of sp³-hybridized carbons (Fsp3) is 0.600. The molecule has 1 heterocycles. The van der Waals surface area contributed by atoms with E-state index < -0.39 is 0 Å². The largest absolute Gasteiger partial charge is 0.492 e. The Balaban J connectivity index is 1.61. The van der Waals surface area contributed by atoms with Crippen molar-refractivity contribution in [2.24, 2.45) is 5.92 Å². The van der Waals surface area contributed by atoms with Crippen molar-refractivity contribution in [3.05, 3.63) is 30.3 Å². The monoisotopic (exact) mass is 248 g/mol. The smallest absolute Gasteiger partial charge is 0.119 e. The zero-order valence-corrected chi connectivity index (χ0v) is 11.3. The van der Waals surface area contributed by atoms with Crippen LogP contribution in [-0.2, 0) is 0 Å². The van der Waals surface area contributed by atoms with Gasteiger partial charge in [0.15, 0.2) is 0 Å².